The molecule has 0 saturated heterocycles. The van der Waals surface area contributed by atoms with Crippen molar-refractivity contribution in [1.82, 2.24) is 0 Å². The second-order valence-corrected chi connectivity index (χ2v) is 4.53. The Bertz CT molecular complexity index is 385. The van der Waals surface area contributed by atoms with Gasteiger partial charge in [0.15, 0.2) is 0 Å². The van der Waals surface area contributed by atoms with Crippen LogP contribution in [0.5, 0.6) is 5.75 Å². The van der Waals surface area contributed by atoms with E-state index < -0.39 is 0 Å². The number of rotatable bonds is 5. The molecule has 0 heterocycles. The molecule has 96 valence electrons. The second kappa shape index (κ2) is 6.10. The third-order valence-corrected chi connectivity index (χ3v) is 2.80. The topological polar surface area (TPSA) is 58.7 Å². The fraction of sp³-hybridized carbons (Fsp3) is 0.500. The second-order valence-electron chi connectivity index (χ2n) is 4.10. The monoisotopic (exact) mass is 258 g/mol. The maximum Gasteiger partial charge on any atom is 0.145 e. The number of aryl methyl sites for hydroxylation is 1. The van der Waals surface area contributed by atoms with Crippen molar-refractivity contribution in [2.45, 2.75) is 13.0 Å². The first-order valence-corrected chi connectivity index (χ1v) is 5.79. The SMILES string of the molecule is COc1c(C)cc(Cl)cc1N(C)CC(N)CO. The molecule has 3 N–H and O–H groups in total. The van der Waals surface area contributed by atoms with E-state index in [2.05, 4.69) is 0 Å². The van der Waals surface area contributed by atoms with E-state index in [0.29, 0.717) is 11.6 Å². The summed E-state index contributed by atoms with van der Waals surface area (Å²) in [5.74, 6) is 0.780. The number of nitrogens with zero attached hydrogens (tertiary/aromatic N) is 1. The van der Waals surface area contributed by atoms with Gasteiger partial charge in [0.2, 0.25) is 0 Å². The Balaban J connectivity index is 3.02. The molecular formula is C12H19ClN2O2. The molecule has 0 spiro atoms. The Hall–Kier alpha value is -0.970. The Labute approximate surface area is 107 Å². The third kappa shape index (κ3) is 3.49. The highest BCUT2D eigenvalue weighted by molar-refractivity contribution is 6.31. The lowest BCUT2D eigenvalue weighted by molar-refractivity contribution is 0.267. The summed E-state index contributed by atoms with van der Waals surface area (Å²) < 4.78 is 5.36. The van der Waals surface area contributed by atoms with Gasteiger partial charge in [-0.15, -0.1) is 0 Å². The number of likely N-dealkylation sites (N-methyl/N-ethyl adjacent to an activating group) is 1. The zero-order valence-corrected chi connectivity index (χ0v) is 11.2. The molecule has 1 unspecified atom stereocenters. The van der Waals surface area contributed by atoms with Crippen LogP contribution in [0.2, 0.25) is 5.02 Å². The van der Waals surface area contributed by atoms with Crippen molar-refractivity contribution >= 4 is 17.3 Å². The minimum Gasteiger partial charge on any atom is -0.494 e. The summed E-state index contributed by atoms with van der Waals surface area (Å²) in [6.45, 7) is 2.42. The summed E-state index contributed by atoms with van der Waals surface area (Å²) in [6, 6.07) is 3.39. The van der Waals surface area contributed by atoms with Crippen molar-refractivity contribution < 1.29 is 9.84 Å². The molecule has 1 aromatic rings. The quantitative estimate of drug-likeness (QED) is 0.839. The van der Waals surface area contributed by atoms with Gasteiger partial charge in [-0.25, -0.2) is 0 Å². The van der Waals surface area contributed by atoms with Gasteiger partial charge < -0.3 is 20.5 Å². The van der Waals surface area contributed by atoms with Gasteiger partial charge in [-0.1, -0.05) is 11.6 Å². The number of methoxy groups -OCH3 is 1. The van der Waals surface area contributed by atoms with Crippen molar-refractivity contribution in [3.63, 3.8) is 0 Å². The molecule has 0 aromatic heterocycles. The summed E-state index contributed by atoms with van der Waals surface area (Å²) in [4.78, 5) is 1.93. The number of nitrogens with two attached hydrogens (primary N) is 1. The smallest absolute Gasteiger partial charge is 0.145 e. The third-order valence-electron chi connectivity index (χ3n) is 2.58. The molecule has 0 aliphatic carbocycles. The van der Waals surface area contributed by atoms with Crippen LogP contribution in [0.4, 0.5) is 5.69 Å². The van der Waals surface area contributed by atoms with Crippen LogP contribution in [0, 0.1) is 6.92 Å². The fourth-order valence-electron chi connectivity index (χ4n) is 1.77. The Morgan fingerprint density at radius 1 is 1.53 bits per heavy atom. The van der Waals surface area contributed by atoms with Crippen molar-refractivity contribution in [3.8, 4) is 5.75 Å². The van der Waals surface area contributed by atoms with Gasteiger partial charge in [-0.05, 0) is 24.6 Å². The van der Waals surface area contributed by atoms with Gasteiger partial charge in [-0.2, -0.15) is 0 Å². The predicted molar refractivity (Wildman–Crippen MR) is 71.1 cm³/mol. The standard InChI is InChI=1S/C12H19ClN2O2/c1-8-4-9(13)5-11(12(8)17-3)15(2)6-10(14)7-16/h4-5,10,16H,6-7,14H2,1-3H3. The molecule has 0 aliphatic rings. The maximum atomic E-state index is 8.96. The number of aliphatic hydroxyl groups is 1. The van der Waals surface area contributed by atoms with Crippen LogP contribution in [0.25, 0.3) is 0 Å². The van der Waals surface area contributed by atoms with Crippen LogP contribution >= 0.6 is 11.6 Å². The fourth-order valence-corrected chi connectivity index (χ4v) is 2.04. The number of halogens is 1. The Kier molecular flexibility index (Phi) is 5.05. The Morgan fingerprint density at radius 3 is 2.71 bits per heavy atom. The molecule has 4 nitrogen and oxygen atoms in total. The van der Waals surface area contributed by atoms with E-state index in [1.807, 2.05) is 31.0 Å². The van der Waals surface area contributed by atoms with Gasteiger partial charge in [0.05, 0.1) is 19.4 Å². The lowest BCUT2D eigenvalue weighted by Gasteiger charge is -2.25. The summed E-state index contributed by atoms with van der Waals surface area (Å²) >= 11 is 6.03. The van der Waals surface area contributed by atoms with E-state index in [1.54, 1.807) is 7.11 Å². The van der Waals surface area contributed by atoms with E-state index in [9.17, 15) is 0 Å². The first-order valence-electron chi connectivity index (χ1n) is 5.41. The minimum absolute atomic E-state index is 0.0494. The first kappa shape index (κ1) is 14.1. The highest BCUT2D eigenvalue weighted by atomic mass is 35.5. The van der Waals surface area contributed by atoms with E-state index in [1.165, 1.54) is 0 Å². The van der Waals surface area contributed by atoms with Crippen molar-refractivity contribution in [1.29, 1.82) is 0 Å². The average Bonchev–Trinajstić information content (AvgIpc) is 2.27. The molecule has 5 heteroatoms. The van der Waals surface area contributed by atoms with Gasteiger partial charge in [0.25, 0.3) is 0 Å². The first-order chi connectivity index (χ1) is 7.99. The minimum atomic E-state index is -0.288. The molecule has 1 atom stereocenters. The van der Waals surface area contributed by atoms with Crippen LogP contribution in [0.3, 0.4) is 0 Å². The largest absolute Gasteiger partial charge is 0.494 e. The summed E-state index contributed by atoms with van der Waals surface area (Å²) in [6.07, 6.45) is 0. The van der Waals surface area contributed by atoms with E-state index in [4.69, 9.17) is 27.2 Å². The van der Waals surface area contributed by atoms with Crippen molar-refractivity contribution in [2.75, 3.05) is 32.2 Å². The van der Waals surface area contributed by atoms with Gasteiger partial charge in [0.1, 0.15) is 5.75 Å². The number of hydrogen-bond acceptors (Lipinski definition) is 4. The summed E-state index contributed by atoms with van der Waals surface area (Å²) in [5.41, 5.74) is 7.56. The molecule has 0 saturated carbocycles. The Morgan fingerprint density at radius 2 is 2.18 bits per heavy atom. The molecule has 0 amide bonds. The lowest BCUT2D eigenvalue weighted by atomic mass is 10.1. The average molecular weight is 259 g/mol. The maximum absolute atomic E-state index is 8.96. The highest BCUT2D eigenvalue weighted by Crippen LogP contribution is 2.34. The van der Waals surface area contributed by atoms with Crippen LogP contribution in [-0.4, -0.2) is 38.5 Å². The number of hydrogen-bond donors (Lipinski definition) is 2. The highest BCUT2D eigenvalue weighted by Gasteiger charge is 2.14. The molecular weight excluding hydrogens is 240 g/mol. The van der Waals surface area contributed by atoms with Gasteiger partial charge in [-0.3, -0.25) is 0 Å². The van der Waals surface area contributed by atoms with Crippen LogP contribution in [0.1, 0.15) is 5.56 Å². The van der Waals surface area contributed by atoms with E-state index >= 15 is 0 Å². The molecule has 1 rings (SSSR count). The molecule has 0 bridgehead atoms. The van der Waals surface area contributed by atoms with Crippen molar-refractivity contribution in [2.24, 2.45) is 5.73 Å². The normalized spacial score (nSPS) is 12.4. The van der Waals surface area contributed by atoms with Crippen LogP contribution < -0.4 is 15.4 Å². The molecule has 0 fully saturated rings. The molecule has 0 radical (unpaired) electrons. The van der Waals surface area contributed by atoms with Gasteiger partial charge in [0, 0.05) is 24.7 Å². The van der Waals surface area contributed by atoms with E-state index in [-0.39, 0.29) is 12.6 Å². The molecule has 17 heavy (non-hydrogen) atoms. The number of ether oxygens (including phenoxy) is 1. The zero-order valence-electron chi connectivity index (χ0n) is 10.4. The molecule has 1 aromatic carbocycles. The number of aliphatic hydroxyl groups excluding tert-OH is 1. The van der Waals surface area contributed by atoms with E-state index in [0.717, 1.165) is 17.0 Å². The van der Waals surface area contributed by atoms with Gasteiger partial charge >= 0.3 is 0 Å². The molecule has 0 aliphatic heterocycles. The number of anilines is 1. The lowest BCUT2D eigenvalue weighted by Crippen LogP contribution is -2.38. The number of benzene rings is 1. The van der Waals surface area contributed by atoms with Crippen LogP contribution in [0.15, 0.2) is 12.1 Å². The van der Waals surface area contributed by atoms with Crippen molar-refractivity contribution in [3.05, 3.63) is 22.7 Å². The summed E-state index contributed by atoms with van der Waals surface area (Å²) in [7, 11) is 3.52. The van der Waals surface area contributed by atoms with Crippen LogP contribution in [-0.2, 0) is 0 Å². The predicted octanol–water partition coefficient (Wildman–Crippen LogP) is 1.41. The zero-order chi connectivity index (χ0) is 13.0. The summed E-state index contributed by atoms with van der Waals surface area (Å²) in [5, 5.41) is 9.61.